The Balaban J connectivity index is 3.98. The Kier molecular flexibility index (Phi) is 6.94. The molecule has 0 aliphatic rings. The highest BCUT2D eigenvalue weighted by atomic mass is 32.2. The number of hydrogen-bond donors (Lipinski definition) is 0. The van der Waals surface area contributed by atoms with Crippen molar-refractivity contribution in [3.8, 4) is 0 Å². The van der Waals surface area contributed by atoms with Gasteiger partial charge in [0.05, 0.1) is 38.2 Å². The molecule has 0 aliphatic carbocycles. The zero-order valence-corrected chi connectivity index (χ0v) is 12.7. The molecule has 0 heterocycles. The van der Waals surface area contributed by atoms with Crippen LogP contribution in [0.25, 0.3) is 0 Å². The minimum atomic E-state index is 0.628. The maximum absolute atomic E-state index is 2.41. The van der Waals surface area contributed by atoms with Gasteiger partial charge >= 0.3 is 0 Å². The Hall–Kier alpha value is 0.310. The lowest BCUT2D eigenvalue weighted by atomic mass is 10.1. The smallest absolute Gasteiger partial charge is 0.107 e. The number of quaternary nitrogens is 1. The van der Waals surface area contributed by atoms with E-state index in [1.165, 1.54) is 29.6 Å². The molecule has 0 N–H and O–H groups in total. The van der Waals surface area contributed by atoms with E-state index >= 15 is 0 Å². The zero-order valence-electron chi connectivity index (χ0n) is 11.8. The number of unbranched alkanes of at least 4 members (excludes halogenated alkanes) is 1. The van der Waals surface area contributed by atoms with Crippen molar-refractivity contribution in [3.63, 3.8) is 0 Å². The molecule has 0 fully saturated rings. The molecule has 0 atom stereocenters. The molecule has 0 aliphatic heterocycles. The van der Waals surface area contributed by atoms with Crippen LogP contribution in [0, 0.1) is 0 Å². The van der Waals surface area contributed by atoms with Gasteiger partial charge in [0.25, 0.3) is 0 Å². The van der Waals surface area contributed by atoms with E-state index in [1.54, 1.807) is 0 Å². The van der Waals surface area contributed by atoms with E-state index in [4.69, 9.17) is 0 Å². The summed E-state index contributed by atoms with van der Waals surface area (Å²) in [5.41, 5.74) is 0. The van der Waals surface area contributed by atoms with Crippen LogP contribution in [0.5, 0.6) is 0 Å². The van der Waals surface area contributed by atoms with Crippen LogP contribution in [0.4, 0.5) is 0 Å². The van der Waals surface area contributed by atoms with Gasteiger partial charge in [-0.15, -0.1) is 0 Å². The molecule has 0 rings (SSSR count). The highest BCUT2D eigenvalue weighted by molar-refractivity contribution is 7.95. The van der Waals surface area contributed by atoms with Crippen LogP contribution in [0.1, 0.15) is 40.5 Å². The standard InChI is InChI=1S/C13H31NS/c1-12(2)14(5,13(3)4)10-8-9-11-15(6)7/h12-13H,8-11H2,1-7H3/q+2. The summed E-state index contributed by atoms with van der Waals surface area (Å²) < 4.78 is 1.22. The van der Waals surface area contributed by atoms with Crippen LogP contribution in [0.2, 0.25) is 0 Å². The zero-order chi connectivity index (χ0) is 12.1. The van der Waals surface area contributed by atoms with Gasteiger partial charge in [0, 0.05) is 6.42 Å². The number of nitrogens with zero attached hydrogens (tertiary/aromatic N) is 1. The van der Waals surface area contributed by atoms with Gasteiger partial charge in [-0.05, 0) is 45.0 Å². The topological polar surface area (TPSA) is 0 Å². The van der Waals surface area contributed by atoms with Gasteiger partial charge in [-0.1, -0.05) is 0 Å². The summed E-state index contributed by atoms with van der Waals surface area (Å²) >= 11 is 0. The molecule has 2 heteroatoms. The fourth-order valence-electron chi connectivity index (χ4n) is 1.96. The first kappa shape index (κ1) is 15.3. The van der Waals surface area contributed by atoms with E-state index in [0.717, 1.165) is 12.1 Å². The Labute approximate surface area is 100 Å². The lowest BCUT2D eigenvalue weighted by Gasteiger charge is -2.42. The van der Waals surface area contributed by atoms with Crippen molar-refractivity contribution in [1.82, 2.24) is 0 Å². The number of rotatable bonds is 7. The Morgan fingerprint density at radius 1 is 0.933 bits per heavy atom. The van der Waals surface area contributed by atoms with Crippen molar-refractivity contribution in [2.24, 2.45) is 0 Å². The molecule has 15 heavy (non-hydrogen) atoms. The van der Waals surface area contributed by atoms with Gasteiger partial charge in [0.1, 0.15) is 5.75 Å². The summed E-state index contributed by atoms with van der Waals surface area (Å²) in [6.07, 6.45) is 7.49. The predicted molar refractivity (Wildman–Crippen MR) is 74.6 cm³/mol. The molecule has 0 saturated heterocycles. The van der Waals surface area contributed by atoms with Gasteiger partial charge in [-0.2, -0.15) is 0 Å². The molecule has 0 aromatic carbocycles. The molecular formula is C13H31NS+2. The summed E-state index contributed by atoms with van der Waals surface area (Å²) in [5, 5.41) is 0. The lowest BCUT2D eigenvalue weighted by molar-refractivity contribution is -0.949. The molecule has 0 aromatic rings. The van der Waals surface area contributed by atoms with Gasteiger partial charge in [0.15, 0.2) is 0 Å². The van der Waals surface area contributed by atoms with E-state index in [-0.39, 0.29) is 0 Å². The van der Waals surface area contributed by atoms with Crippen LogP contribution in [0.15, 0.2) is 0 Å². The van der Waals surface area contributed by atoms with Gasteiger partial charge in [-0.3, -0.25) is 0 Å². The first-order valence-corrected chi connectivity index (χ1v) is 8.40. The van der Waals surface area contributed by atoms with E-state index in [0.29, 0.717) is 10.9 Å². The van der Waals surface area contributed by atoms with Crippen molar-refractivity contribution in [2.75, 3.05) is 31.9 Å². The monoisotopic (exact) mass is 233 g/mol. The molecule has 0 amide bonds. The maximum Gasteiger partial charge on any atom is 0.107 e. The van der Waals surface area contributed by atoms with Crippen LogP contribution in [-0.4, -0.2) is 48.4 Å². The minimum Gasteiger partial charge on any atom is -0.322 e. The van der Waals surface area contributed by atoms with Gasteiger partial charge in [-0.25, -0.2) is 0 Å². The average Bonchev–Trinajstić information content (AvgIpc) is 2.10. The average molecular weight is 233 g/mol. The first-order chi connectivity index (χ1) is 6.80. The second-order valence-corrected chi connectivity index (χ2v) is 8.03. The molecule has 0 bridgehead atoms. The van der Waals surface area contributed by atoms with E-state index in [9.17, 15) is 0 Å². The highest BCUT2D eigenvalue weighted by Crippen LogP contribution is 2.17. The second kappa shape index (κ2) is 6.80. The van der Waals surface area contributed by atoms with Crippen LogP contribution < -0.4 is 0 Å². The second-order valence-electron chi connectivity index (χ2n) is 5.65. The fourth-order valence-corrected chi connectivity index (χ4v) is 2.74. The van der Waals surface area contributed by atoms with Crippen LogP contribution >= 0.6 is 0 Å². The van der Waals surface area contributed by atoms with Crippen molar-refractivity contribution in [2.45, 2.75) is 52.6 Å². The summed E-state index contributed by atoms with van der Waals surface area (Å²) in [7, 11) is 3.04. The first-order valence-electron chi connectivity index (χ1n) is 6.19. The SMILES string of the molecule is CC(C)[N+](C)(CCCC[S+](C)C)C(C)C. The van der Waals surface area contributed by atoms with Crippen LogP contribution in [0.3, 0.4) is 0 Å². The van der Waals surface area contributed by atoms with Crippen molar-refractivity contribution in [3.05, 3.63) is 0 Å². The molecule has 0 unspecified atom stereocenters. The van der Waals surface area contributed by atoms with E-state index < -0.39 is 0 Å². The fraction of sp³-hybridized carbons (Fsp3) is 1.00. The third-order valence-electron chi connectivity index (χ3n) is 3.80. The quantitative estimate of drug-likeness (QED) is 0.360. The summed E-state index contributed by atoms with van der Waals surface area (Å²) in [5.74, 6) is 1.41. The van der Waals surface area contributed by atoms with Crippen molar-refractivity contribution < 1.29 is 4.48 Å². The third kappa shape index (κ3) is 5.26. The Bertz CT molecular complexity index is 156. The predicted octanol–water partition coefficient (Wildman–Crippen LogP) is 2.91. The van der Waals surface area contributed by atoms with Crippen LogP contribution in [-0.2, 0) is 10.9 Å². The molecular weight excluding hydrogens is 202 g/mol. The summed E-state index contributed by atoms with van der Waals surface area (Å²) in [6.45, 7) is 10.7. The maximum atomic E-state index is 2.41. The van der Waals surface area contributed by atoms with E-state index in [2.05, 4.69) is 47.3 Å². The molecule has 0 aromatic heterocycles. The molecule has 0 saturated carbocycles. The molecule has 0 spiro atoms. The normalized spacial score (nSPS) is 13.2. The lowest BCUT2D eigenvalue weighted by Crippen LogP contribution is -2.55. The Morgan fingerprint density at radius 2 is 1.40 bits per heavy atom. The van der Waals surface area contributed by atoms with Gasteiger partial charge < -0.3 is 4.48 Å². The minimum absolute atomic E-state index is 0.628. The van der Waals surface area contributed by atoms with Crippen molar-refractivity contribution >= 4 is 10.9 Å². The molecule has 0 radical (unpaired) electrons. The molecule has 92 valence electrons. The third-order valence-corrected chi connectivity index (χ3v) is 4.91. The number of hydrogen-bond acceptors (Lipinski definition) is 0. The van der Waals surface area contributed by atoms with Crippen molar-refractivity contribution in [1.29, 1.82) is 0 Å². The van der Waals surface area contributed by atoms with Gasteiger partial charge in [0.2, 0.25) is 0 Å². The largest absolute Gasteiger partial charge is 0.322 e. The highest BCUT2D eigenvalue weighted by Gasteiger charge is 2.28. The summed E-state index contributed by atoms with van der Waals surface area (Å²) in [4.78, 5) is 0. The molecule has 1 nitrogen and oxygen atoms in total. The summed E-state index contributed by atoms with van der Waals surface area (Å²) in [6, 6.07) is 1.48. The van der Waals surface area contributed by atoms with E-state index in [1.807, 2.05) is 0 Å². The Morgan fingerprint density at radius 3 is 1.73 bits per heavy atom.